The summed E-state index contributed by atoms with van der Waals surface area (Å²) in [7, 11) is 0. The third-order valence-electron chi connectivity index (χ3n) is 4.62. The predicted octanol–water partition coefficient (Wildman–Crippen LogP) is 4.61. The molecular formula is C20H19Cl3N2O2. The van der Waals surface area contributed by atoms with Crippen molar-refractivity contribution in [3.63, 3.8) is 0 Å². The van der Waals surface area contributed by atoms with Gasteiger partial charge < -0.3 is 10.2 Å². The van der Waals surface area contributed by atoms with E-state index in [-0.39, 0.29) is 17.9 Å². The van der Waals surface area contributed by atoms with Crippen molar-refractivity contribution in [1.29, 1.82) is 0 Å². The third kappa shape index (κ3) is 5.38. The van der Waals surface area contributed by atoms with Crippen molar-refractivity contribution in [2.75, 3.05) is 13.1 Å². The molecule has 7 heteroatoms. The van der Waals surface area contributed by atoms with Gasteiger partial charge in [0.25, 0.3) is 5.91 Å². The summed E-state index contributed by atoms with van der Waals surface area (Å²) in [5, 5.41) is 4.47. The van der Waals surface area contributed by atoms with Gasteiger partial charge in [0.05, 0.1) is 17.0 Å². The zero-order valence-electron chi connectivity index (χ0n) is 14.6. The minimum Gasteiger partial charge on any atom is -0.349 e. The van der Waals surface area contributed by atoms with Crippen molar-refractivity contribution in [3.05, 3.63) is 68.7 Å². The van der Waals surface area contributed by atoms with Crippen LogP contribution < -0.4 is 5.32 Å². The first kappa shape index (κ1) is 20.0. The Labute approximate surface area is 173 Å². The summed E-state index contributed by atoms with van der Waals surface area (Å²) < 4.78 is 0. The van der Waals surface area contributed by atoms with Gasteiger partial charge >= 0.3 is 0 Å². The number of hydrogen-bond donors (Lipinski definition) is 1. The zero-order valence-corrected chi connectivity index (χ0v) is 16.8. The van der Waals surface area contributed by atoms with Crippen molar-refractivity contribution in [2.45, 2.75) is 25.3 Å². The van der Waals surface area contributed by atoms with E-state index in [1.165, 1.54) is 0 Å². The number of nitrogens with one attached hydrogen (secondary N) is 1. The lowest BCUT2D eigenvalue weighted by Crippen LogP contribution is -2.47. The zero-order chi connectivity index (χ0) is 19.4. The Morgan fingerprint density at radius 2 is 1.59 bits per heavy atom. The lowest BCUT2D eigenvalue weighted by molar-refractivity contribution is -0.131. The maximum atomic E-state index is 12.5. The van der Waals surface area contributed by atoms with Crippen LogP contribution >= 0.6 is 34.8 Å². The molecule has 1 aliphatic heterocycles. The summed E-state index contributed by atoms with van der Waals surface area (Å²) in [6.45, 7) is 1.22. The van der Waals surface area contributed by atoms with Gasteiger partial charge in [-0.15, -0.1) is 0 Å². The molecule has 142 valence electrons. The van der Waals surface area contributed by atoms with E-state index in [0.29, 0.717) is 53.0 Å². The van der Waals surface area contributed by atoms with Crippen LogP contribution in [-0.2, 0) is 11.2 Å². The van der Waals surface area contributed by atoms with Crippen molar-refractivity contribution < 1.29 is 9.59 Å². The molecule has 3 rings (SSSR count). The molecule has 2 amide bonds. The molecule has 4 nitrogen and oxygen atoms in total. The molecule has 0 saturated carbocycles. The molecule has 2 aromatic rings. The SMILES string of the molecule is O=C(NC1CCN(C(=O)Cc2ccc(Cl)cc2)CC1)c1cc(Cl)ccc1Cl. The highest BCUT2D eigenvalue weighted by Gasteiger charge is 2.24. The number of carbonyl (C=O) groups is 2. The molecule has 1 saturated heterocycles. The van der Waals surface area contributed by atoms with E-state index in [0.717, 1.165) is 5.56 Å². The first-order valence-corrected chi connectivity index (χ1v) is 9.84. The largest absolute Gasteiger partial charge is 0.349 e. The molecule has 1 aliphatic rings. The average molecular weight is 426 g/mol. The molecular weight excluding hydrogens is 407 g/mol. The van der Waals surface area contributed by atoms with Gasteiger partial charge in [-0.1, -0.05) is 46.9 Å². The summed E-state index contributed by atoms with van der Waals surface area (Å²) in [5.74, 6) is -0.159. The summed E-state index contributed by atoms with van der Waals surface area (Å²) in [4.78, 5) is 26.7. The van der Waals surface area contributed by atoms with E-state index in [9.17, 15) is 9.59 Å². The number of carbonyl (C=O) groups excluding carboxylic acids is 2. The molecule has 0 radical (unpaired) electrons. The first-order valence-electron chi connectivity index (χ1n) is 8.70. The number of piperidine rings is 1. The van der Waals surface area contributed by atoms with Crippen LogP contribution in [-0.4, -0.2) is 35.8 Å². The Bertz CT molecular complexity index is 832. The van der Waals surface area contributed by atoms with Gasteiger partial charge in [0.15, 0.2) is 0 Å². The van der Waals surface area contributed by atoms with Crippen molar-refractivity contribution in [3.8, 4) is 0 Å². The highest BCUT2D eigenvalue weighted by Crippen LogP contribution is 2.21. The van der Waals surface area contributed by atoms with Gasteiger partial charge in [-0.25, -0.2) is 0 Å². The molecule has 1 fully saturated rings. The molecule has 1 N–H and O–H groups in total. The Kier molecular flexibility index (Phi) is 6.64. The smallest absolute Gasteiger partial charge is 0.253 e. The maximum absolute atomic E-state index is 12.5. The van der Waals surface area contributed by atoms with Crippen LogP contribution in [0.15, 0.2) is 42.5 Å². The fourth-order valence-electron chi connectivity index (χ4n) is 3.10. The van der Waals surface area contributed by atoms with Crippen molar-refractivity contribution in [2.24, 2.45) is 0 Å². The number of benzene rings is 2. The van der Waals surface area contributed by atoms with Crippen LogP contribution in [0, 0.1) is 0 Å². The summed E-state index contributed by atoms with van der Waals surface area (Å²) in [5.41, 5.74) is 1.31. The summed E-state index contributed by atoms with van der Waals surface area (Å²) >= 11 is 17.9. The number of nitrogens with zero attached hydrogens (tertiary/aromatic N) is 1. The van der Waals surface area contributed by atoms with E-state index in [4.69, 9.17) is 34.8 Å². The van der Waals surface area contributed by atoms with Gasteiger partial charge in [0.1, 0.15) is 0 Å². The molecule has 27 heavy (non-hydrogen) atoms. The fourth-order valence-corrected chi connectivity index (χ4v) is 3.60. The first-order chi connectivity index (χ1) is 12.9. The van der Waals surface area contributed by atoms with Gasteiger partial charge in [-0.2, -0.15) is 0 Å². The lowest BCUT2D eigenvalue weighted by Gasteiger charge is -2.32. The lowest BCUT2D eigenvalue weighted by atomic mass is 10.0. The van der Waals surface area contributed by atoms with Crippen LogP contribution in [0.2, 0.25) is 15.1 Å². The van der Waals surface area contributed by atoms with Crippen LogP contribution in [0.4, 0.5) is 0 Å². The Morgan fingerprint density at radius 1 is 0.963 bits per heavy atom. The minimum absolute atomic E-state index is 0.00660. The van der Waals surface area contributed by atoms with E-state index < -0.39 is 0 Å². The second kappa shape index (κ2) is 8.96. The molecule has 0 bridgehead atoms. The standard InChI is InChI=1S/C20H19Cl3N2O2/c21-14-3-1-13(2-4-14)11-19(26)25-9-7-16(8-10-25)24-20(27)17-12-15(22)5-6-18(17)23/h1-6,12,16H,7-11H2,(H,24,27). The van der Waals surface area contributed by atoms with Gasteiger partial charge in [-0.05, 0) is 48.7 Å². The second-order valence-electron chi connectivity index (χ2n) is 6.56. The van der Waals surface area contributed by atoms with Gasteiger partial charge in [0, 0.05) is 29.2 Å². The molecule has 0 spiro atoms. The van der Waals surface area contributed by atoms with Gasteiger partial charge in [0.2, 0.25) is 5.91 Å². The molecule has 1 heterocycles. The number of halogens is 3. The quantitative estimate of drug-likeness (QED) is 0.777. The van der Waals surface area contributed by atoms with Crippen LogP contribution in [0.3, 0.4) is 0 Å². The topological polar surface area (TPSA) is 49.4 Å². The second-order valence-corrected chi connectivity index (χ2v) is 7.84. The number of hydrogen-bond acceptors (Lipinski definition) is 2. The van der Waals surface area contributed by atoms with Crippen LogP contribution in [0.25, 0.3) is 0 Å². The highest BCUT2D eigenvalue weighted by molar-refractivity contribution is 6.35. The number of amides is 2. The van der Waals surface area contributed by atoms with Gasteiger partial charge in [-0.3, -0.25) is 9.59 Å². The fraction of sp³-hybridized carbons (Fsp3) is 0.300. The maximum Gasteiger partial charge on any atom is 0.253 e. The van der Waals surface area contributed by atoms with Crippen molar-refractivity contribution in [1.82, 2.24) is 10.2 Å². The monoisotopic (exact) mass is 424 g/mol. The number of rotatable bonds is 4. The van der Waals surface area contributed by atoms with E-state index in [1.807, 2.05) is 17.0 Å². The van der Waals surface area contributed by atoms with E-state index in [2.05, 4.69) is 5.32 Å². The van der Waals surface area contributed by atoms with Crippen LogP contribution in [0.1, 0.15) is 28.8 Å². The third-order valence-corrected chi connectivity index (χ3v) is 5.44. The Balaban J connectivity index is 1.51. The van der Waals surface area contributed by atoms with E-state index >= 15 is 0 Å². The van der Waals surface area contributed by atoms with Crippen molar-refractivity contribution >= 4 is 46.6 Å². The molecule has 0 atom stereocenters. The van der Waals surface area contributed by atoms with E-state index in [1.54, 1.807) is 30.3 Å². The minimum atomic E-state index is -0.242. The Morgan fingerprint density at radius 3 is 2.26 bits per heavy atom. The van der Waals surface area contributed by atoms with Crippen LogP contribution in [0.5, 0.6) is 0 Å². The summed E-state index contributed by atoms with van der Waals surface area (Å²) in [6, 6.07) is 12.1. The highest BCUT2D eigenvalue weighted by atomic mass is 35.5. The predicted molar refractivity (Wildman–Crippen MR) is 109 cm³/mol. The molecule has 0 aliphatic carbocycles. The Hall–Kier alpha value is -1.75. The molecule has 0 unspecified atom stereocenters. The molecule has 2 aromatic carbocycles. The molecule has 0 aromatic heterocycles. The average Bonchev–Trinajstić information content (AvgIpc) is 2.66. The number of likely N-dealkylation sites (tertiary alicyclic amines) is 1. The normalized spacial score (nSPS) is 14.9. The summed E-state index contributed by atoms with van der Waals surface area (Å²) in [6.07, 6.45) is 1.76.